The number of likely N-dealkylation sites (tertiary alicyclic amines) is 1. The van der Waals surface area contributed by atoms with Gasteiger partial charge in [0.2, 0.25) is 5.91 Å². The van der Waals surface area contributed by atoms with Crippen LogP contribution in [0.2, 0.25) is 0 Å². The molecule has 1 aliphatic heterocycles. The van der Waals surface area contributed by atoms with Crippen molar-refractivity contribution in [3.8, 4) is 0 Å². The van der Waals surface area contributed by atoms with Crippen LogP contribution < -0.4 is 0 Å². The van der Waals surface area contributed by atoms with Crippen LogP contribution in [0, 0.1) is 5.92 Å². The van der Waals surface area contributed by atoms with Gasteiger partial charge in [0, 0.05) is 13.0 Å². The van der Waals surface area contributed by atoms with Crippen molar-refractivity contribution < 1.29 is 14.7 Å². The first kappa shape index (κ1) is 12.4. The predicted molar refractivity (Wildman–Crippen MR) is 60.0 cm³/mol. The number of hydrogen-bond donors (Lipinski definition) is 2. The molecule has 15 heavy (non-hydrogen) atoms. The fraction of sp³-hybridized carbons (Fsp3) is 0.800. The number of amides is 1. The maximum atomic E-state index is 11.6. The molecule has 1 N–H and O–H groups in total. The van der Waals surface area contributed by atoms with Crippen molar-refractivity contribution in [1.82, 2.24) is 4.90 Å². The summed E-state index contributed by atoms with van der Waals surface area (Å²) < 4.78 is 0. The number of hydrogen-bond acceptors (Lipinski definition) is 3. The van der Waals surface area contributed by atoms with E-state index in [0.717, 1.165) is 6.42 Å². The second kappa shape index (κ2) is 5.39. The van der Waals surface area contributed by atoms with Crippen molar-refractivity contribution in [1.29, 1.82) is 0 Å². The third-order valence-corrected chi connectivity index (χ3v) is 3.24. The van der Waals surface area contributed by atoms with Crippen molar-refractivity contribution in [2.24, 2.45) is 5.92 Å². The van der Waals surface area contributed by atoms with Crippen molar-refractivity contribution >= 4 is 24.5 Å². The van der Waals surface area contributed by atoms with Crippen molar-refractivity contribution in [2.75, 3.05) is 12.3 Å². The molecule has 0 aliphatic carbocycles. The van der Waals surface area contributed by atoms with Crippen LogP contribution in [0.15, 0.2) is 0 Å². The zero-order valence-electron chi connectivity index (χ0n) is 8.85. The Hall–Kier alpha value is -0.710. The highest BCUT2D eigenvalue weighted by Crippen LogP contribution is 2.23. The second-order valence-corrected chi connectivity index (χ2v) is 4.31. The van der Waals surface area contributed by atoms with Crippen LogP contribution in [0.1, 0.15) is 26.2 Å². The van der Waals surface area contributed by atoms with Crippen LogP contribution in [0.3, 0.4) is 0 Å². The Kier molecular flexibility index (Phi) is 4.45. The topological polar surface area (TPSA) is 57.6 Å². The predicted octanol–water partition coefficient (Wildman–Crippen LogP) is 1.02. The quantitative estimate of drug-likeness (QED) is 0.694. The zero-order valence-corrected chi connectivity index (χ0v) is 9.74. The first-order chi connectivity index (χ1) is 7.10. The minimum absolute atomic E-state index is 0.0464. The Bertz CT molecular complexity index is 257. The highest BCUT2D eigenvalue weighted by Gasteiger charge is 2.36. The lowest BCUT2D eigenvalue weighted by Gasteiger charge is -2.24. The molecular formula is C10H17NO3S. The first-order valence-electron chi connectivity index (χ1n) is 5.23. The minimum atomic E-state index is -0.898. The number of nitrogens with zero attached hydrogens (tertiary/aromatic N) is 1. The van der Waals surface area contributed by atoms with E-state index in [-0.39, 0.29) is 11.8 Å². The fourth-order valence-electron chi connectivity index (χ4n) is 1.92. The average molecular weight is 231 g/mol. The number of carbonyl (C=O) groups excluding carboxylic acids is 1. The molecule has 0 spiro atoms. The van der Waals surface area contributed by atoms with E-state index < -0.39 is 12.0 Å². The third kappa shape index (κ3) is 2.87. The summed E-state index contributed by atoms with van der Waals surface area (Å²) in [6, 6.07) is -0.646. The summed E-state index contributed by atoms with van der Waals surface area (Å²) in [6.45, 7) is 2.46. The summed E-state index contributed by atoms with van der Waals surface area (Å²) in [5, 5.41) is 9.03. The molecule has 1 rings (SSSR count). The van der Waals surface area contributed by atoms with E-state index in [0.29, 0.717) is 25.1 Å². The number of carboxylic acids is 1. The van der Waals surface area contributed by atoms with Crippen molar-refractivity contribution in [3.05, 3.63) is 0 Å². The normalized spacial score (nSPS) is 23.2. The lowest BCUT2D eigenvalue weighted by Crippen LogP contribution is -2.42. The van der Waals surface area contributed by atoms with Gasteiger partial charge in [0.1, 0.15) is 6.04 Å². The van der Waals surface area contributed by atoms with Gasteiger partial charge in [0.15, 0.2) is 0 Å². The summed E-state index contributed by atoms with van der Waals surface area (Å²) in [7, 11) is 0. The number of rotatable bonds is 5. The molecule has 1 saturated heterocycles. The molecule has 4 nitrogen and oxygen atoms in total. The highest BCUT2D eigenvalue weighted by molar-refractivity contribution is 7.80. The number of carboxylic acid groups (broad SMARTS) is 1. The highest BCUT2D eigenvalue weighted by atomic mass is 32.1. The number of thiol groups is 1. The maximum absolute atomic E-state index is 11.6. The van der Waals surface area contributed by atoms with Crippen LogP contribution in [0.5, 0.6) is 0 Å². The van der Waals surface area contributed by atoms with E-state index in [1.165, 1.54) is 4.90 Å². The Labute approximate surface area is 95.1 Å². The first-order valence-corrected chi connectivity index (χ1v) is 5.86. The van der Waals surface area contributed by atoms with Gasteiger partial charge in [-0.05, 0) is 18.1 Å². The summed E-state index contributed by atoms with van der Waals surface area (Å²) in [5.74, 6) is -0.0970. The summed E-state index contributed by atoms with van der Waals surface area (Å²) in [4.78, 5) is 24.1. The van der Waals surface area contributed by atoms with E-state index in [9.17, 15) is 9.59 Å². The van der Waals surface area contributed by atoms with Crippen LogP contribution in [-0.4, -0.2) is 40.2 Å². The number of aliphatic carboxylic acids is 1. The van der Waals surface area contributed by atoms with Gasteiger partial charge >= 0.3 is 5.97 Å². The van der Waals surface area contributed by atoms with Gasteiger partial charge in [-0.1, -0.05) is 13.3 Å². The van der Waals surface area contributed by atoms with Gasteiger partial charge in [-0.25, -0.2) is 4.79 Å². The van der Waals surface area contributed by atoms with E-state index in [1.807, 2.05) is 6.92 Å². The Morgan fingerprint density at radius 3 is 2.80 bits per heavy atom. The lowest BCUT2D eigenvalue weighted by atomic mass is 10.1. The summed E-state index contributed by atoms with van der Waals surface area (Å²) in [5.41, 5.74) is 0. The van der Waals surface area contributed by atoms with Crippen LogP contribution in [-0.2, 0) is 9.59 Å². The molecule has 0 aromatic heterocycles. The molecular weight excluding hydrogens is 214 g/mol. The monoisotopic (exact) mass is 231 g/mol. The van der Waals surface area contributed by atoms with Crippen LogP contribution in [0.25, 0.3) is 0 Å². The van der Waals surface area contributed by atoms with Gasteiger partial charge in [0.05, 0.1) is 0 Å². The minimum Gasteiger partial charge on any atom is -0.480 e. The average Bonchev–Trinajstić information content (AvgIpc) is 2.55. The molecule has 1 aliphatic rings. The standard InChI is InChI=1S/C10H17NO3S/c1-2-3-8(10(13)14)11-5-7(6-15)4-9(11)12/h7-8,15H,2-6H2,1H3,(H,13,14). The number of carbonyl (C=O) groups is 2. The Morgan fingerprint density at radius 1 is 1.73 bits per heavy atom. The second-order valence-electron chi connectivity index (χ2n) is 3.94. The molecule has 0 saturated carbocycles. The van der Waals surface area contributed by atoms with Gasteiger partial charge in [0.25, 0.3) is 0 Å². The van der Waals surface area contributed by atoms with Crippen LogP contribution >= 0.6 is 12.6 Å². The third-order valence-electron chi connectivity index (χ3n) is 2.72. The fourth-order valence-corrected chi connectivity index (χ4v) is 2.16. The van der Waals surface area contributed by atoms with Gasteiger partial charge < -0.3 is 10.0 Å². The molecule has 2 unspecified atom stereocenters. The maximum Gasteiger partial charge on any atom is 0.326 e. The molecule has 2 atom stereocenters. The molecule has 0 aromatic carbocycles. The largest absolute Gasteiger partial charge is 0.480 e. The van der Waals surface area contributed by atoms with E-state index >= 15 is 0 Å². The molecule has 0 aromatic rings. The molecule has 1 heterocycles. The SMILES string of the molecule is CCCC(C(=O)O)N1CC(CS)CC1=O. The molecule has 5 heteroatoms. The van der Waals surface area contributed by atoms with Gasteiger partial charge in [-0.3, -0.25) is 4.79 Å². The van der Waals surface area contributed by atoms with E-state index in [1.54, 1.807) is 0 Å². The molecule has 0 bridgehead atoms. The summed E-state index contributed by atoms with van der Waals surface area (Å²) >= 11 is 4.14. The van der Waals surface area contributed by atoms with Gasteiger partial charge in [-0.15, -0.1) is 0 Å². The lowest BCUT2D eigenvalue weighted by molar-refractivity contribution is -0.148. The van der Waals surface area contributed by atoms with Crippen molar-refractivity contribution in [3.63, 3.8) is 0 Å². The molecule has 0 radical (unpaired) electrons. The van der Waals surface area contributed by atoms with E-state index in [4.69, 9.17) is 5.11 Å². The molecule has 86 valence electrons. The Balaban J connectivity index is 2.68. The Morgan fingerprint density at radius 2 is 2.40 bits per heavy atom. The van der Waals surface area contributed by atoms with Crippen LogP contribution in [0.4, 0.5) is 0 Å². The molecule has 1 amide bonds. The summed E-state index contributed by atoms with van der Waals surface area (Å²) in [6.07, 6.45) is 1.74. The van der Waals surface area contributed by atoms with Gasteiger partial charge in [-0.2, -0.15) is 12.6 Å². The van der Waals surface area contributed by atoms with Crippen molar-refractivity contribution in [2.45, 2.75) is 32.2 Å². The smallest absolute Gasteiger partial charge is 0.326 e. The zero-order chi connectivity index (χ0) is 11.4. The molecule has 1 fully saturated rings. The van der Waals surface area contributed by atoms with E-state index in [2.05, 4.69) is 12.6 Å².